The van der Waals surface area contributed by atoms with Crippen molar-refractivity contribution in [3.63, 3.8) is 0 Å². The molecule has 0 fully saturated rings. The highest BCUT2D eigenvalue weighted by molar-refractivity contribution is 6.03. The number of amides is 2. The number of anilines is 3. The summed E-state index contributed by atoms with van der Waals surface area (Å²) in [7, 11) is 0. The summed E-state index contributed by atoms with van der Waals surface area (Å²) in [6.45, 7) is 1.87. The Bertz CT molecular complexity index is 1010. The third kappa shape index (κ3) is 5.56. The van der Waals surface area contributed by atoms with Gasteiger partial charge < -0.3 is 16.4 Å². The number of para-hydroxylation sites is 2. The minimum absolute atomic E-state index is 0.0701. The first kappa shape index (κ1) is 19.9. The Kier molecular flexibility index (Phi) is 6.43. The fourth-order valence-corrected chi connectivity index (χ4v) is 2.78. The average Bonchev–Trinajstić information content (AvgIpc) is 2.75. The maximum Gasteiger partial charge on any atom is 0.248 e. The Labute approximate surface area is 170 Å². The molecule has 0 bridgehead atoms. The highest BCUT2D eigenvalue weighted by Gasteiger charge is 2.14. The lowest BCUT2D eigenvalue weighted by molar-refractivity contribution is -0.117. The lowest BCUT2D eigenvalue weighted by atomic mass is 10.0. The largest absolute Gasteiger partial charge is 0.397 e. The number of carbonyl (C=O) groups excluding carboxylic acids is 2. The first-order valence-corrected chi connectivity index (χ1v) is 9.32. The molecule has 5 heteroatoms. The van der Waals surface area contributed by atoms with Crippen molar-refractivity contribution in [3.8, 4) is 0 Å². The second-order valence-corrected chi connectivity index (χ2v) is 6.65. The number of rotatable bonds is 6. The summed E-state index contributed by atoms with van der Waals surface area (Å²) in [6, 6.07) is 24.0. The van der Waals surface area contributed by atoms with E-state index in [1.807, 2.05) is 67.6 Å². The Morgan fingerprint density at radius 2 is 1.52 bits per heavy atom. The van der Waals surface area contributed by atoms with Crippen LogP contribution >= 0.6 is 0 Å². The highest BCUT2D eigenvalue weighted by atomic mass is 16.2. The van der Waals surface area contributed by atoms with Gasteiger partial charge >= 0.3 is 0 Å². The van der Waals surface area contributed by atoms with Crippen molar-refractivity contribution in [2.45, 2.75) is 12.8 Å². The van der Waals surface area contributed by atoms with E-state index in [9.17, 15) is 9.59 Å². The molecular formula is C24H23N3O2. The molecule has 4 N–H and O–H groups in total. The van der Waals surface area contributed by atoms with E-state index in [0.717, 1.165) is 11.1 Å². The molecule has 0 heterocycles. The fourth-order valence-electron chi connectivity index (χ4n) is 2.78. The Balaban J connectivity index is 1.57. The minimum Gasteiger partial charge on any atom is -0.397 e. The van der Waals surface area contributed by atoms with Gasteiger partial charge in [-0.15, -0.1) is 0 Å². The SMILES string of the molecule is C[C@@H](C(=O)Nc1ccc(/C=C/C(=O)Nc2ccccc2N)cc1)c1ccccc1. The molecule has 0 unspecified atom stereocenters. The molecular weight excluding hydrogens is 362 g/mol. The first-order valence-electron chi connectivity index (χ1n) is 9.32. The summed E-state index contributed by atoms with van der Waals surface area (Å²) in [5.74, 6) is -0.582. The Morgan fingerprint density at radius 1 is 0.862 bits per heavy atom. The van der Waals surface area contributed by atoms with Crippen LogP contribution in [0.25, 0.3) is 6.08 Å². The topological polar surface area (TPSA) is 84.2 Å². The molecule has 0 aliphatic rings. The van der Waals surface area contributed by atoms with Gasteiger partial charge in [0.15, 0.2) is 0 Å². The number of hydrogen-bond acceptors (Lipinski definition) is 3. The van der Waals surface area contributed by atoms with Crippen LogP contribution in [0.5, 0.6) is 0 Å². The predicted molar refractivity (Wildman–Crippen MR) is 118 cm³/mol. The van der Waals surface area contributed by atoms with E-state index in [0.29, 0.717) is 17.1 Å². The second kappa shape index (κ2) is 9.37. The van der Waals surface area contributed by atoms with E-state index in [1.165, 1.54) is 6.08 Å². The van der Waals surface area contributed by atoms with Crippen LogP contribution in [0, 0.1) is 0 Å². The van der Waals surface area contributed by atoms with Crippen molar-refractivity contribution in [1.29, 1.82) is 0 Å². The number of benzene rings is 3. The van der Waals surface area contributed by atoms with Gasteiger partial charge in [-0.2, -0.15) is 0 Å². The van der Waals surface area contributed by atoms with Crippen molar-refractivity contribution >= 4 is 35.0 Å². The molecule has 3 rings (SSSR count). The van der Waals surface area contributed by atoms with Gasteiger partial charge in [-0.1, -0.05) is 54.6 Å². The van der Waals surface area contributed by atoms with Gasteiger partial charge in [-0.3, -0.25) is 9.59 Å². The number of nitrogens with one attached hydrogen (secondary N) is 2. The van der Waals surface area contributed by atoms with Crippen LogP contribution in [0.15, 0.2) is 84.9 Å². The number of carbonyl (C=O) groups is 2. The first-order chi connectivity index (χ1) is 14.0. The zero-order valence-corrected chi connectivity index (χ0v) is 16.1. The van der Waals surface area contributed by atoms with Crippen molar-refractivity contribution in [2.24, 2.45) is 0 Å². The third-order valence-electron chi connectivity index (χ3n) is 4.52. The van der Waals surface area contributed by atoms with Gasteiger partial charge in [-0.05, 0) is 48.4 Å². The zero-order valence-electron chi connectivity index (χ0n) is 16.1. The Hall–Kier alpha value is -3.86. The van der Waals surface area contributed by atoms with Gasteiger partial charge in [-0.25, -0.2) is 0 Å². The molecule has 29 heavy (non-hydrogen) atoms. The molecule has 0 aromatic heterocycles. The molecule has 0 saturated carbocycles. The summed E-state index contributed by atoms with van der Waals surface area (Å²) in [4.78, 5) is 24.5. The Morgan fingerprint density at radius 3 is 2.21 bits per heavy atom. The van der Waals surface area contributed by atoms with Gasteiger partial charge in [0, 0.05) is 11.8 Å². The molecule has 3 aromatic carbocycles. The summed E-state index contributed by atoms with van der Waals surface area (Å²) in [6.07, 6.45) is 3.14. The monoisotopic (exact) mass is 385 g/mol. The maximum absolute atomic E-state index is 12.4. The molecule has 0 saturated heterocycles. The highest BCUT2D eigenvalue weighted by Crippen LogP contribution is 2.19. The van der Waals surface area contributed by atoms with Gasteiger partial charge in [0.1, 0.15) is 0 Å². The molecule has 146 valence electrons. The van der Waals surface area contributed by atoms with Crippen LogP contribution < -0.4 is 16.4 Å². The number of nitrogens with two attached hydrogens (primary N) is 1. The molecule has 3 aromatic rings. The maximum atomic E-state index is 12.4. The van der Waals surface area contributed by atoms with Crippen LogP contribution in [-0.2, 0) is 9.59 Å². The predicted octanol–water partition coefficient (Wildman–Crippen LogP) is 4.66. The van der Waals surface area contributed by atoms with Crippen molar-refractivity contribution in [2.75, 3.05) is 16.4 Å². The number of hydrogen-bond donors (Lipinski definition) is 3. The smallest absolute Gasteiger partial charge is 0.248 e. The third-order valence-corrected chi connectivity index (χ3v) is 4.52. The van der Waals surface area contributed by atoms with E-state index in [4.69, 9.17) is 5.73 Å². The van der Waals surface area contributed by atoms with Gasteiger partial charge in [0.25, 0.3) is 0 Å². The molecule has 0 spiro atoms. The molecule has 2 amide bonds. The van der Waals surface area contributed by atoms with Gasteiger partial charge in [0.05, 0.1) is 17.3 Å². The zero-order chi connectivity index (χ0) is 20.6. The standard InChI is InChI=1S/C24H23N3O2/c1-17(19-7-3-2-4-8-19)24(29)26-20-14-11-18(12-15-20)13-16-23(28)27-22-10-6-5-9-21(22)25/h2-17H,25H2,1H3,(H,26,29)(H,27,28)/b16-13+/t17-/m1/s1. The van der Waals surface area contributed by atoms with Crippen LogP contribution in [0.4, 0.5) is 17.1 Å². The summed E-state index contributed by atoms with van der Waals surface area (Å²) in [5.41, 5.74) is 9.42. The molecule has 0 aliphatic carbocycles. The summed E-state index contributed by atoms with van der Waals surface area (Å²) in [5, 5.41) is 5.65. The summed E-state index contributed by atoms with van der Waals surface area (Å²) >= 11 is 0. The van der Waals surface area contributed by atoms with Gasteiger partial charge in [0.2, 0.25) is 11.8 Å². The van der Waals surface area contributed by atoms with Crippen LogP contribution in [0.2, 0.25) is 0 Å². The molecule has 1 atom stereocenters. The van der Waals surface area contributed by atoms with Crippen molar-refractivity contribution in [1.82, 2.24) is 0 Å². The number of nitrogen functional groups attached to an aromatic ring is 1. The molecule has 5 nitrogen and oxygen atoms in total. The lowest BCUT2D eigenvalue weighted by Crippen LogP contribution is -2.18. The van der Waals surface area contributed by atoms with Crippen molar-refractivity contribution < 1.29 is 9.59 Å². The molecule has 0 aliphatic heterocycles. The van der Waals surface area contributed by atoms with E-state index < -0.39 is 0 Å². The average molecular weight is 385 g/mol. The van der Waals surface area contributed by atoms with Crippen LogP contribution in [0.1, 0.15) is 24.0 Å². The van der Waals surface area contributed by atoms with Crippen molar-refractivity contribution in [3.05, 3.63) is 96.1 Å². The molecule has 0 radical (unpaired) electrons. The van der Waals surface area contributed by atoms with E-state index in [-0.39, 0.29) is 17.7 Å². The fraction of sp³-hybridized carbons (Fsp3) is 0.0833. The summed E-state index contributed by atoms with van der Waals surface area (Å²) < 4.78 is 0. The van der Waals surface area contributed by atoms with Crippen LogP contribution in [-0.4, -0.2) is 11.8 Å². The van der Waals surface area contributed by atoms with E-state index in [2.05, 4.69) is 10.6 Å². The quantitative estimate of drug-likeness (QED) is 0.426. The van der Waals surface area contributed by atoms with E-state index in [1.54, 1.807) is 24.3 Å². The second-order valence-electron chi connectivity index (χ2n) is 6.65. The normalized spacial score (nSPS) is 11.8. The minimum atomic E-state index is -0.267. The van der Waals surface area contributed by atoms with E-state index >= 15 is 0 Å². The van der Waals surface area contributed by atoms with Crippen LogP contribution in [0.3, 0.4) is 0 Å². The lowest BCUT2D eigenvalue weighted by Gasteiger charge is -2.12.